The number of rotatable bonds is 5. The predicted molar refractivity (Wildman–Crippen MR) is 93.2 cm³/mol. The molecule has 2 aromatic rings. The van der Waals surface area contributed by atoms with E-state index in [1.165, 1.54) is 0 Å². The molecule has 2 N–H and O–H groups in total. The van der Waals surface area contributed by atoms with Gasteiger partial charge >= 0.3 is 6.18 Å². The monoisotopic (exact) mass is 364 g/mol. The minimum absolute atomic E-state index is 0.0705. The fourth-order valence-electron chi connectivity index (χ4n) is 2.35. The molecule has 0 atom stereocenters. The van der Waals surface area contributed by atoms with Gasteiger partial charge in [-0.05, 0) is 49.2 Å². The quantitative estimate of drug-likeness (QED) is 0.826. The number of anilines is 1. The second kappa shape index (κ2) is 8.03. The van der Waals surface area contributed by atoms with Crippen molar-refractivity contribution in [2.45, 2.75) is 26.4 Å². The summed E-state index contributed by atoms with van der Waals surface area (Å²) in [6, 6.07) is 8.92. The third kappa shape index (κ3) is 4.62. The van der Waals surface area contributed by atoms with Gasteiger partial charge in [0, 0.05) is 12.1 Å². The number of benzene rings is 2. The number of carbonyl (C=O) groups excluding carboxylic acids is 2. The molecule has 2 amide bonds. The van der Waals surface area contributed by atoms with Crippen LogP contribution in [-0.2, 0) is 6.18 Å². The van der Waals surface area contributed by atoms with Crippen LogP contribution in [0.25, 0.3) is 0 Å². The zero-order chi connectivity index (χ0) is 19.3. The largest absolute Gasteiger partial charge is 0.416 e. The summed E-state index contributed by atoms with van der Waals surface area (Å²) >= 11 is 0. The first-order valence-electron chi connectivity index (χ1n) is 8.10. The smallest absolute Gasteiger partial charge is 0.352 e. The summed E-state index contributed by atoms with van der Waals surface area (Å²) in [6.45, 7) is 4.15. The second-order valence-corrected chi connectivity index (χ2v) is 5.78. The van der Waals surface area contributed by atoms with E-state index in [1.54, 1.807) is 25.1 Å². The van der Waals surface area contributed by atoms with Crippen LogP contribution in [-0.4, -0.2) is 18.4 Å². The Kier molecular flexibility index (Phi) is 6.02. The van der Waals surface area contributed by atoms with Gasteiger partial charge in [-0.3, -0.25) is 9.59 Å². The number of hydrogen-bond donors (Lipinski definition) is 2. The topological polar surface area (TPSA) is 58.2 Å². The predicted octanol–water partition coefficient (Wildman–Crippen LogP) is 4.41. The van der Waals surface area contributed by atoms with Crippen molar-refractivity contribution in [2.75, 3.05) is 11.9 Å². The summed E-state index contributed by atoms with van der Waals surface area (Å²) in [4.78, 5) is 24.7. The first kappa shape index (κ1) is 19.5. The standard InChI is InChI=1S/C19H19F3N2O2/c1-3-11-23-18(26)15-6-4-5-12(2)16(15)24-17(25)13-7-9-14(10-8-13)19(20,21)22/h4-10H,3,11H2,1-2H3,(H,23,26)(H,24,25). The van der Waals surface area contributed by atoms with E-state index >= 15 is 0 Å². The molecule has 2 rings (SSSR count). The Morgan fingerprint density at radius 1 is 1.00 bits per heavy atom. The van der Waals surface area contributed by atoms with Crippen molar-refractivity contribution in [1.29, 1.82) is 0 Å². The third-order valence-electron chi connectivity index (χ3n) is 3.77. The molecule has 0 saturated heterocycles. The molecule has 0 radical (unpaired) electrons. The van der Waals surface area contributed by atoms with Gasteiger partial charge in [0.05, 0.1) is 16.8 Å². The molecule has 0 aliphatic carbocycles. The van der Waals surface area contributed by atoms with Gasteiger partial charge in [-0.15, -0.1) is 0 Å². The number of halogens is 3. The summed E-state index contributed by atoms with van der Waals surface area (Å²) in [5.41, 5.74) is 0.560. The van der Waals surface area contributed by atoms with Crippen molar-refractivity contribution in [3.63, 3.8) is 0 Å². The fraction of sp³-hybridized carbons (Fsp3) is 0.263. The third-order valence-corrected chi connectivity index (χ3v) is 3.77. The van der Waals surface area contributed by atoms with Crippen molar-refractivity contribution >= 4 is 17.5 Å². The molecule has 7 heteroatoms. The SMILES string of the molecule is CCCNC(=O)c1cccc(C)c1NC(=O)c1ccc(C(F)(F)F)cc1. The van der Waals surface area contributed by atoms with Crippen LogP contribution in [0.2, 0.25) is 0 Å². The van der Waals surface area contributed by atoms with E-state index in [2.05, 4.69) is 10.6 Å². The van der Waals surface area contributed by atoms with E-state index < -0.39 is 17.6 Å². The van der Waals surface area contributed by atoms with Crippen molar-refractivity contribution < 1.29 is 22.8 Å². The van der Waals surface area contributed by atoms with Crippen molar-refractivity contribution in [3.05, 3.63) is 64.7 Å². The summed E-state index contributed by atoms with van der Waals surface area (Å²) in [7, 11) is 0. The fourth-order valence-corrected chi connectivity index (χ4v) is 2.35. The van der Waals surface area contributed by atoms with Crippen molar-refractivity contribution in [3.8, 4) is 0 Å². The molecule has 0 bridgehead atoms. The molecule has 0 aromatic heterocycles. The molecule has 0 aliphatic rings. The van der Waals surface area contributed by atoms with Crippen molar-refractivity contribution in [2.24, 2.45) is 0 Å². The lowest BCUT2D eigenvalue weighted by Crippen LogP contribution is -2.26. The minimum Gasteiger partial charge on any atom is -0.352 e. The van der Waals surface area contributed by atoms with Gasteiger partial charge in [0.15, 0.2) is 0 Å². The van der Waals surface area contributed by atoms with Gasteiger partial charge in [0.25, 0.3) is 11.8 Å². The maximum atomic E-state index is 12.6. The zero-order valence-corrected chi connectivity index (χ0v) is 14.4. The molecule has 0 aliphatic heterocycles. The highest BCUT2D eigenvalue weighted by atomic mass is 19.4. The molecule has 138 valence electrons. The first-order valence-corrected chi connectivity index (χ1v) is 8.10. The molecular weight excluding hydrogens is 345 g/mol. The van der Waals surface area contributed by atoms with E-state index in [-0.39, 0.29) is 11.5 Å². The minimum atomic E-state index is -4.46. The van der Waals surface area contributed by atoms with E-state index in [4.69, 9.17) is 0 Å². The molecule has 26 heavy (non-hydrogen) atoms. The lowest BCUT2D eigenvalue weighted by atomic mass is 10.1. The van der Waals surface area contributed by atoms with E-state index in [0.717, 1.165) is 30.7 Å². The molecule has 0 spiro atoms. The Labute approximate surface area is 149 Å². The Morgan fingerprint density at radius 2 is 1.65 bits per heavy atom. The lowest BCUT2D eigenvalue weighted by molar-refractivity contribution is -0.137. The Morgan fingerprint density at radius 3 is 2.23 bits per heavy atom. The van der Waals surface area contributed by atoms with Crippen LogP contribution in [0.5, 0.6) is 0 Å². The summed E-state index contributed by atoms with van der Waals surface area (Å²) < 4.78 is 37.9. The van der Waals surface area contributed by atoms with Crippen LogP contribution < -0.4 is 10.6 Å². The molecule has 0 unspecified atom stereocenters. The van der Waals surface area contributed by atoms with Crippen LogP contribution in [0.4, 0.5) is 18.9 Å². The number of carbonyl (C=O) groups is 2. The second-order valence-electron chi connectivity index (χ2n) is 5.78. The van der Waals surface area contributed by atoms with Crippen molar-refractivity contribution in [1.82, 2.24) is 5.32 Å². The summed E-state index contributed by atoms with van der Waals surface area (Å²) in [5.74, 6) is -0.907. The molecule has 0 heterocycles. The highest BCUT2D eigenvalue weighted by Gasteiger charge is 2.30. The summed E-state index contributed by atoms with van der Waals surface area (Å²) in [6.07, 6.45) is -3.69. The number of hydrogen-bond acceptors (Lipinski definition) is 2. The molecule has 2 aromatic carbocycles. The number of amides is 2. The van der Waals surface area contributed by atoms with Gasteiger partial charge in [-0.2, -0.15) is 13.2 Å². The van der Waals surface area contributed by atoms with E-state index in [0.29, 0.717) is 23.4 Å². The van der Waals surface area contributed by atoms with Gasteiger partial charge in [-0.25, -0.2) is 0 Å². The Hall–Kier alpha value is -2.83. The molecule has 0 saturated carbocycles. The number of para-hydroxylation sites is 1. The van der Waals surface area contributed by atoms with Gasteiger partial charge in [0.2, 0.25) is 0 Å². The van der Waals surface area contributed by atoms with Gasteiger partial charge in [0.1, 0.15) is 0 Å². The van der Waals surface area contributed by atoms with E-state index in [1.807, 2.05) is 6.92 Å². The van der Waals surface area contributed by atoms with Crippen LogP contribution in [0.3, 0.4) is 0 Å². The van der Waals surface area contributed by atoms with Gasteiger partial charge < -0.3 is 10.6 Å². The van der Waals surface area contributed by atoms with Crippen LogP contribution >= 0.6 is 0 Å². The maximum absolute atomic E-state index is 12.6. The molecule has 4 nitrogen and oxygen atoms in total. The number of aryl methyl sites for hydroxylation is 1. The van der Waals surface area contributed by atoms with Crippen LogP contribution in [0.15, 0.2) is 42.5 Å². The highest BCUT2D eigenvalue weighted by molar-refractivity contribution is 6.09. The maximum Gasteiger partial charge on any atom is 0.416 e. The normalized spacial score (nSPS) is 11.1. The van der Waals surface area contributed by atoms with Crippen LogP contribution in [0.1, 0.15) is 45.2 Å². The highest BCUT2D eigenvalue weighted by Crippen LogP contribution is 2.29. The average molecular weight is 364 g/mol. The first-order chi connectivity index (χ1) is 12.2. The summed E-state index contributed by atoms with van der Waals surface area (Å²) in [5, 5.41) is 5.37. The van der Waals surface area contributed by atoms with Gasteiger partial charge in [-0.1, -0.05) is 19.1 Å². The van der Waals surface area contributed by atoms with E-state index in [9.17, 15) is 22.8 Å². The lowest BCUT2D eigenvalue weighted by Gasteiger charge is -2.14. The number of alkyl halides is 3. The zero-order valence-electron chi connectivity index (χ0n) is 14.4. The average Bonchev–Trinajstić information content (AvgIpc) is 2.60. The Bertz CT molecular complexity index is 799. The van der Waals surface area contributed by atoms with Crippen LogP contribution in [0, 0.1) is 6.92 Å². The number of nitrogens with one attached hydrogen (secondary N) is 2. The molecule has 0 fully saturated rings. The Balaban J connectivity index is 2.25. The molecular formula is C19H19F3N2O2.